The first-order valence-electron chi connectivity index (χ1n) is 14.1. The Morgan fingerprint density at radius 2 is 0.778 bits per heavy atom. The quantitative estimate of drug-likeness (QED) is 0.103. The lowest BCUT2D eigenvalue weighted by Crippen LogP contribution is -2.65. The molecule has 14 N–H and O–H groups in total. The van der Waals surface area contributed by atoms with E-state index < -0.39 is 149 Å². The van der Waals surface area contributed by atoms with Crippen LogP contribution in [0.4, 0.5) is 0 Å². The van der Waals surface area contributed by atoms with Crippen LogP contribution in [0.1, 0.15) is 0 Å². The molecule has 0 spiro atoms. The predicted octanol–water partition coefficient (Wildman–Crippen LogP) is -9.75. The third-order valence-corrected chi connectivity index (χ3v) is 8.17. The standard InChI is InChI=1S/C24H42O21/c25-1-5-9(27)13(31)17(35)22(42-5)40-4-8-11(29)14(32)18(36)24(44-8)45-20-6(2-26)43-23(19(37)15(20)33)39-3-7-10(28)12(30)16(34)21(38)41-7/h5-38H,1-4H2/t5-,6-,7-,8-,9-,10-,11-,12+,13+,14+,15-,16-,17-,18-,19-,20-,21?,22+,23+,24-/m1/s1. The lowest BCUT2D eigenvalue weighted by Gasteiger charge is -2.46. The number of aliphatic hydroxyl groups excluding tert-OH is 14. The number of hydrogen-bond donors (Lipinski definition) is 14. The largest absolute Gasteiger partial charge is 0.394 e. The molecule has 0 aromatic carbocycles. The number of hydrogen-bond acceptors (Lipinski definition) is 21. The molecule has 20 atom stereocenters. The lowest BCUT2D eigenvalue weighted by atomic mass is 9.96. The van der Waals surface area contributed by atoms with Gasteiger partial charge in [-0.2, -0.15) is 0 Å². The fraction of sp³-hybridized carbons (Fsp3) is 1.00. The summed E-state index contributed by atoms with van der Waals surface area (Å²) in [5.74, 6) is 0. The molecule has 4 aliphatic heterocycles. The van der Waals surface area contributed by atoms with Crippen molar-refractivity contribution < 1.29 is 105 Å². The SMILES string of the molecule is OC[C@H]1O[C@H](OC[C@H]2O[C@H](O[C@H]3[C@H](O)[C@@H](O)[C@@H](OC[C@H]4OC(O)[C@H](O)[C@@H](O)[C@@H]4O)O[C@@H]3CO)[C@H](O)[C@@H](O)[C@@H]2O)[C@H](O)[C@@H](O)[C@@H]1O. The third kappa shape index (κ3) is 7.75. The molecule has 4 aliphatic rings. The van der Waals surface area contributed by atoms with Gasteiger partial charge in [0.1, 0.15) is 97.7 Å². The Morgan fingerprint density at radius 3 is 1.31 bits per heavy atom. The van der Waals surface area contributed by atoms with Crippen molar-refractivity contribution in [3.05, 3.63) is 0 Å². The van der Waals surface area contributed by atoms with Crippen LogP contribution in [0.25, 0.3) is 0 Å². The minimum absolute atomic E-state index is 0.634. The average molecular weight is 667 g/mol. The molecule has 45 heavy (non-hydrogen) atoms. The first-order valence-corrected chi connectivity index (χ1v) is 14.1. The van der Waals surface area contributed by atoms with E-state index in [2.05, 4.69) is 0 Å². The topological polar surface area (TPSA) is 348 Å². The van der Waals surface area contributed by atoms with E-state index in [1.54, 1.807) is 0 Å². The molecule has 0 aromatic heterocycles. The van der Waals surface area contributed by atoms with Crippen molar-refractivity contribution in [1.82, 2.24) is 0 Å². The molecular weight excluding hydrogens is 624 g/mol. The van der Waals surface area contributed by atoms with Gasteiger partial charge in [-0.15, -0.1) is 0 Å². The van der Waals surface area contributed by atoms with E-state index in [-0.39, 0.29) is 0 Å². The highest BCUT2D eigenvalue weighted by molar-refractivity contribution is 4.95. The number of rotatable bonds is 10. The van der Waals surface area contributed by atoms with Gasteiger partial charge in [-0.25, -0.2) is 0 Å². The Hall–Kier alpha value is -0.840. The predicted molar refractivity (Wildman–Crippen MR) is 134 cm³/mol. The van der Waals surface area contributed by atoms with E-state index in [1.807, 2.05) is 0 Å². The minimum atomic E-state index is -1.96. The van der Waals surface area contributed by atoms with Crippen molar-refractivity contribution in [1.29, 1.82) is 0 Å². The summed E-state index contributed by atoms with van der Waals surface area (Å²) in [7, 11) is 0. The van der Waals surface area contributed by atoms with Gasteiger partial charge in [0.2, 0.25) is 0 Å². The van der Waals surface area contributed by atoms with Crippen LogP contribution in [0.3, 0.4) is 0 Å². The van der Waals surface area contributed by atoms with Gasteiger partial charge in [-0.05, 0) is 0 Å². The van der Waals surface area contributed by atoms with Gasteiger partial charge in [-0.3, -0.25) is 0 Å². The molecule has 4 fully saturated rings. The summed E-state index contributed by atoms with van der Waals surface area (Å²) in [5, 5.41) is 141. The van der Waals surface area contributed by atoms with Gasteiger partial charge < -0.3 is 105 Å². The summed E-state index contributed by atoms with van der Waals surface area (Å²) in [5.41, 5.74) is 0. The molecule has 21 heteroatoms. The van der Waals surface area contributed by atoms with E-state index in [4.69, 9.17) is 33.2 Å². The molecule has 21 nitrogen and oxygen atoms in total. The molecule has 0 amide bonds. The number of ether oxygens (including phenoxy) is 7. The van der Waals surface area contributed by atoms with Gasteiger partial charge >= 0.3 is 0 Å². The molecular formula is C24H42O21. The zero-order valence-electron chi connectivity index (χ0n) is 23.5. The monoisotopic (exact) mass is 666 g/mol. The Balaban J connectivity index is 1.37. The van der Waals surface area contributed by atoms with Crippen molar-refractivity contribution in [3.63, 3.8) is 0 Å². The van der Waals surface area contributed by atoms with Crippen LogP contribution in [-0.2, 0) is 33.2 Å². The van der Waals surface area contributed by atoms with Crippen molar-refractivity contribution in [2.75, 3.05) is 26.4 Å². The number of aliphatic hydroxyl groups is 14. The molecule has 0 radical (unpaired) electrons. The maximum Gasteiger partial charge on any atom is 0.187 e. The summed E-state index contributed by atoms with van der Waals surface area (Å²) < 4.78 is 37.4. The summed E-state index contributed by atoms with van der Waals surface area (Å²) in [6.07, 6.45) is -34.5. The lowest BCUT2D eigenvalue weighted by molar-refractivity contribution is -0.368. The van der Waals surface area contributed by atoms with Gasteiger partial charge in [0.15, 0.2) is 25.2 Å². The van der Waals surface area contributed by atoms with Crippen LogP contribution < -0.4 is 0 Å². The van der Waals surface area contributed by atoms with Gasteiger partial charge in [-0.1, -0.05) is 0 Å². The van der Waals surface area contributed by atoms with Crippen LogP contribution in [0.15, 0.2) is 0 Å². The van der Waals surface area contributed by atoms with E-state index in [0.717, 1.165) is 0 Å². The maximum absolute atomic E-state index is 10.8. The van der Waals surface area contributed by atoms with Crippen LogP contribution in [0.5, 0.6) is 0 Å². The summed E-state index contributed by atoms with van der Waals surface area (Å²) in [6.45, 7) is -2.91. The van der Waals surface area contributed by atoms with Gasteiger partial charge in [0, 0.05) is 0 Å². The first kappa shape index (κ1) is 37.0. The Bertz CT molecular complexity index is 914. The summed E-state index contributed by atoms with van der Waals surface area (Å²) in [6, 6.07) is 0. The molecule has 4 saturated heterocycles. The van der Waals surface area contributed by atoms with Crippen molar-refractivity contribution >= 4 is 0 Å². The Kier molecular flexibility index (Phi) is 12.8. The average Bonchev–Trinajstić information content (AvgIpc) is 3.03. The highest BCUT2D eigenvalue weighted by atomic mass is 16.8. The maximum atomic E-state index is 10.8. The highest BCUT2D eigenvalue weighted by Gasteiger charge is 2.52. The second-order valence-electron chi connectivity index (χ2n) is 11.2. The highest BCUT2D eigenvalue weighted by Crippen LogP contribution is 2.31. The third-order valence-electron chi connectivity index (χ3n) is 8.17. The zero-order valence-corrected chi connectivity index (χ0v) is 23.5. The van der Waals surface area contributed by atoms with E-state index in [9.17, 15) is 71.5 Å². The van der Waals surface area contributed by atoms with Crippen LogP contribution in [-0.4, -0.2) is 221 Å². The van der Waals surface area contributed by atoms with Crippen molar-refractivity contribution in [3.8, 4) is 0 Å². The second kappa shape index (κ2) is 15.6. The molecule has 0 aromatic rings. The van der Waals surface area contributed by atoms with Crippen molar-refractivity contribution in [2.24, 2.45) is 0 Å². The fourth-order valence-corrected chi connectivity index (χ4v) is 5.33. The molecule has 4 heterocycles. The smallest absolute Gasteiger partial charge is 0.187 e. The first-order chi connectivity index (χ1) is 21.2. The molecule has 264 valence electrons. The minimum Gasteiger partial charge on any atom is -0.394 e. The molecule has 0 bridgehead atoms. The van der Waals surface area contributed by atoms with Gasteiger partial charge in [0.25, 0.3) is 0 Å². The second-order valence-corrected chi connectivity index (χ2v) is 11.2. The van der Waals surface area contributed by atoms with Crippen LogP contribution >= 0.6 is 0 Å². The fourth-order valence-electron chi connectivity index (χ4n) is 5.33. The molecule has 0 aliphatic carbocycles. The van der Waals surface area contributed by atoms with E-state index in [0.29, 0.717) is 0 Å². The van der Waals surface area contributed by atoms with E-state index in [1.165, 1.54) is 0 Å². The molecule has 1 unspecified atom stereocenters. The van der Waals surface area contributed by atoms with Gasteiger partial charge in [0.05, 0.1) is 26.4 Å². The summed E-state index contributed by atoms with van der Waals surface area (Å²) >= 11 is 0. The molecule has 0 saturated carbocycles. The van der Waals surface area contributed by atoms with Crippen LogP contribution in [0, 0.1) is 0 Å². The zero-order chi connectivity index (χ0) is 33.3. The van der Waals surface area contributed by atoms with Crippen LogP contribution in [0.2, 0.25) is 0 Å². The normalized spacial score (nSPS) is 52.9. The van der Waals surface area contributed by atoms with Crippen molar-refractivity contribution in [2.45, 2.75) is 123 Å². The van der Waals surface area contributed by atoms with E-state index >= 15 is 0 Å². The Labute approximate surface area is 254 Å². The summed E-state index contributed by atoms with van der Waals surface area (Å²) in [4.78, 5) is 0. The Morgan fingerprint density at radius 1 is 0.378 bits per heavy atom. The molecule has 4 rings (SSSR count).